The second-order valence-corrected chi connectivity index (χ2v) is 9.64. The smallest absolute Gasteiger partial charge is 0.265 e. The number of nitrogens with one attached hydrogen (secondary N) is 2. The molecule has 0 aliphatic carbocycles. The van der Waals surface area contributed by atoms with Crippen molar-refractivity contribution in [2.45, 2.75) is 0 Å². The van der Waals surface area contributed by atoms with Crippen LogP contribution in [-0.2, 0) is 0 Å². The predicted molar refractivity (Wildman–Crippen MR) is 126 cm³/mol. The average Bonchev–Trinajstić information content (AvgIpc) is 3.37. The van der Waals surface area contributed by atoms with E-state index in [0.29, 0.717) is 29.8 Å². The highest BCUT2D eigenvalue weighted by atomic mass is 35.5. The third-order valence-corrected chi connectivity index (χ3v) is 6.69. The number of hydrogen-bond acceptors (Lipinski definition) is 4. The van der Waals surface area contributed by atoms with E-state index >= 15 is 0 Å². The van der Waals surface area contributed by atoms with Crippen LogP contribution in [0.1, 0.15) is 19.3 Å². The molecular weight excluding hydrogens is 459 g/mol. The molecule has 0 aliphatic rings. The number of amides is 2. The van der Waals surface area contributed by atoms with Crippen molar-refractivity contribution < 1.29 is 9.59 Å². The zero-order valence-electron chi connectivity index (χ0n) is 15.3. The van der Waals surface area contributed by atoms with Crippen LogP contribution in [0.5, 0.6) is 0 Å². The van der Waals surface area contributed by atoms with Crippen LogP contribution in [0.25, 0.3) is 11.1 Å². The van der Waals surface area contributed by atoms with Crippen molar-refractivity contribution in [2.24, 2.45) is 0 Å². The lowest BCUT2D eigenvalue weighted by Gasteiger charge is -2.15. The molecular formula is C22H14Cl2N2O2S2. The summed E-state index contributed by atoms with van der Waals surface area (Å²) in [6.07, 6.45) is 0. The monoisotopic (exact) mass is 472 g/mol. The number of hydrogen-bond donors (Lipinski definition) is 2. The Hall–Kier alpha value is -2.64. The van der Waals surface area contributed by atoms with Crippen LogP contribution in [0.2, 0.25) is 8.67 Å². The van der Waals surface area contributed by atoms with E-state index in [-0.39, 0.29) is 11.8 Å². The van der Waals surface area contributed by atoms with Crippen LogP contribution >= 0.6 is 45.9 Å². The average molecular weight is 473 g/mol. The Balaban J connectivity index is 1.65. The number of halogens is 2. The minimum atomic E-state index is -0.242. The molecule has 0 fully saturated rings. The van der Waals surface area contributed by atoms with Crippen molar-refractivity contribution >= 4 is 69.1 Å². The molecule has 8 heteroatoms. The van der Waals surface area contributed by atoms with Gasteiger partial charge in [0, 0.05) is 22.5 Å². The molecule has 4 aromatic rings. The second-order valence-electron chi connectivity index (χ2n) is 6.21. The standard InChI is InChI=1S/C22H14Cl2N2O2S2/c23-19-11-9-17(29-19)21(27)25-15-7-3-1-5-13(15)14-6-2-4-8-16(14)26-22(28)18-10-12-20(24)30-18/h1-12H,(H,25,27)(H,26,28). The Bertz CT molecular complexity index is 1140. The van der Waals surface area contributed by atoms with Crippen molar-refractivity contribution in [3.8, 4) is 11.1 Å². The zero-order valence-corrected chi connectivity index (χ0v) is 18.5. The molecule has 2 aromatic heterocycles. The van der Waals surface area contributed by atoms with Crippen LogP contribution in [0.4, 0.5) is 11.4 Å². The summed E-state index contributed by atoms with van der Waals surface area (Å²) in [7, 11) is 0. The summed E-state index contributed by atoms with van der Waals surface area (Å²) in [5.41, 5.74) is 2.84. The van der Waals surface area contributed by atoms with Gasteiger partial charge in [0.25, 0.3) is 11.8 Å². The third kappa shape index (κ3) is 4.57. The molecule has 2 amide bonds. The van der Waals surface area contributed by atoms with Gasteiger partial charge in [-0.25, -0.2) is 0 Å². The van der Waals surface area contributed by atoms with Gasteiger partial charge < -0.3 is 10.6 Å². The molecule has 2 heterocycles. The maximum Gasteiger partial charge on any atom is 0.265 e. The Kier molecular flexibility index (Phi) is 6.20. The van der Waals surface area contributed by atoms with Crippen molar-refractivity contribution in [3.63, 3.8) is 0 Å². The Labute approximate surface area is 191 Å². The van der Waals surface area contributed by atoms with Crippen molar-refractivity contribution in [1.29, 1.82) is 0 Å². The highest BCUT2D eigenvalue weighted by Gasteiger charge is 2.16. The molecule has 0 spiro atoms. The van der Waals surface area contributed by atoms with Crippen LogP contribution < -0.4 is 10.6 Å². The van der Waals surface area contributed by atoms with Crippen LogP contribution in [-0.4, -0.2) is 11.8 Å². The number of carbonyl (C=O) groups excluding carboxylic acids is 2. The lowest BCUT2D eigenvalue weighted by Crippen LogP contribution is -2.12. The van der Waals surface area contributed by atoms with E-state index in [2.05, 4.69) is 10.6 Å². The van der Waals surface area contributed by atoms with E-state index in [1.807, 2.05) is 48.5 Å². The van der Waals surface area contributed by atoms with Crippen molar-refractivity contribution in [1.82, 2.24) is 0 Å². The quantitative estimate of drug-likeness (QED) is 0.320. The van der Waals surface area contributed by atoms with Gasteiger partial charge in [0.15, 0.2) is 0 Å². The molecule has 0 bridgehead atoms. The van der Waals surface area contributed by atoms with E-state index in [1.54, 1.807) is 24.3 Å². The number of para-hydroxylation sites is 2. The molecule has 2 aromatic carbocycles. The minimum absolute atomic E-state index is 0.242. The van der Waals surface area contributed by atoms with Gasteiger partial charge in [0.05, 0.1) is 18.4 Å². The first kappa shape index (κ1) is 20.6. The largest absolute Gasteiger partial charge is 0.321 e. The molecule has 0 aliphatic heterocycles. The number of anilines is 2. The molecule has 4 nitrogen and oxygen atoms in total. The molecule has 150 valence electrons. The highest BCUT2D eigenvalue weighted by Crippen LogP contribution is 2.35. The number of thiophene rings is 2. The summed E-state index contributed by atoms with van der Waals surface area (Å²) in [5, 5.41) is 5.88. The van der Waals surface area contributed by atoms with E-state index in [9.17, 15) is 9.59 Å². The van der Waals surface area contributed by atoms with E-state index in [4.69, 9.17) is 23.2 Å². The number of carbonyl (C=O) groups is 2. The van der Waals surface area contributed by atoms with Crippen molar-refractivity contribution in [3.05, 3.63) is 91.2 Å². The molecule has 0 saturated carbocycles. The van der Waals surface area contributed by atoms with Crippen molar-refractivity contribution in [2.75, 3.05) is 10.6 Å². The molecule has 0 radical (unpaired) electrons. The fraction of sp³-hybridized carbons (Fsp3) is 0. The van der Waals surface area contributed by atoms with Gasteiger partial charge in [0.1, 0.15) is 0 Å². The Morgan fingerprint density at radius 2 is 1.00 bits per heavy atom. The lowest BCUT2D eigenvalue weighted by molar-refractivity contribution is 0.102. The summed E-state index contributed by atoms with van der Waals surface area (Å²) >= 11 is 14.3. The van der Waals surface area contributed by atoms with Gasteiger partial charge in [-0.3, -0.25) is 9.59 Å². The second kappa shape index (κ2) is 9.02. The Morgan fingerprint density at radius 3 is 1.37 bits per heavy atom. The normalized spacial score (nSPS) is 10.6. The molecule has 0 atom stereocenters. The zero-order chi connectivity index (χ0) is 21.1. The minimum Gasteiger partial charge on any atom is -0.321 e. The van der Waals surface area contributed by atoms with Gasteiger partial charge in [-0.05, 0) is 36.4 Å². The lowest BCUT2D eigenvalue weighted by atomic mass is 10.0. The van der Waals surface area contributed by atoms with Gasteiger partial charge >= 0.3 is 0 Å². The summed E-state index contributed by atoms with van der Waals surface area (Å²) < 4.78 is 1.10. The molecule has 30 heavy (non-hydrogen) atoms. The van der Waals surface area contributed by atoms with Gasteiger partial charge in [-0.1, -0.05) is 59.6 Å². The van der Waals surface area contributed by atoms with E-state index < -0.39 is 0 Å². The van der Waals surface area contributed by atoms with E-state index in [0.717, 1.165) is 11.1 Å². The topological polar surface area (TPSA) is 58.2 Å². The first-order valence-electron chi connectivity index (χ1n) is 8.83. The first-order valence-corrected chi connectivity index (χ1v) is 11.2. The van der Waals surface area contributed by atoms with Gasteiger partial charge in [-0.15, -0.1) is 22.7 Å². The van der Waals surface area contributed by atoms with Crippen LogP contribution in [0.15, 0.2) is 72.8 Å². The molecule has 2 N–H and O–H groups in total. The van der Waals surface area contributed by atoms with E-state index in [1.165, 1.54) is 22.7 Å². The number of benzene rings is 2. The van der Waals surface area contributed by atoms with Crippen LogP contribution in [0, 0.1) is 0 Å². The van der Waals surface area contributed by atoms with Gasteiger partial charge in [-0.2, -0.15) is 0 Å². The summed E-state index contributed by atoms with van der Waals surface area (Å²) in [5.74, 6) is -0.483. The molecule has 4 rings (SSSR count). The molecule has 0 unspecified atom stereocenters. The van der Waals surface area contributed by atoms with Gasteiger partial charge in [0.2, 0.25) is 0 Å². The fourth-order valence-electron chi connectivity index (χ4n) is 2.89. The highest BCUT2D eigenvalue weighted by molar-refractivity contribution is 7.18. The maximum absolute atomic E-state index is 12.6. The summed E-state index contributed by atoms with van der Waals surface area (Å²) in [4.78, 5) is 26.3. The summed E-state index contributed by atoms with van der Waals surface area (Å²) in [6, 6.07) is 21.6. The SMILES string of the molecule is O=C(Nc1ccccc1-c1ccccc1NC(=O)c1ccc(Cl)s1)c1ccc(Cl)s1. The number of rotatable bonds is 5. The van der Waals surface area contributed by atoms with Crippen LogP contribution in [0.3, 0.4) is 0 Å². The molecule has 0 saturated heterocycles. The maximum atomic E-state index is 12.6. The predicted octanol–water partition coefficient (Wildman–Crippen LogP) is 7.29. The summed E-state index contributed by atoms with van der Waals surface area (Å²) in [6.45, 7) is 0. The third-order valence-electron chi connectivity index (χ3n) is 4.23. The Morgan fingerprint density at radius 1 is 0.600 bits per heavy atom. The first-order chi connectivity index (χ1) is 14.5. The fourth-order valence-corrected chi connectivity index (χ4v) is 4.77.